The Morgan fingerprint density at radius 2 is 1.80 bits per heavy atom. The lowest BCUT2D eigenvalue weighted by atomic mass is 9.94. The third-order valence-corrected chi connectivity index (χ3v) is 6.26. The molecule has 182 valence electrons. The number of fused-ring (bicyclic) bond motifs is 1. The van der Waals surface area contributed by atoms with Gasteiger partial charge in [-0.05, 0) is 55.4 Å². The fourth-order valence-corrected chi connectivity index (χ4v) is 4.67. The molecule has 0 saturated heterocycles. The molecular formula is C25H23BrN3O5S-. The molecule has 0 aromatic heterocycles. The van der Waals surface area contributed by atoms with Crippen LogP contribution in [0.3, 0.4) is 0 Å². The molecule has 2 amide bonds. The van der Waals surface area contributed by atoms with Gasteiger partial charge in [0, 0.05) is 11.8 Å². The van der Waals surface area contributed by atoms with E-state index in [1.54, 1.807) is 69.5 Å². The van der Waals surface area contributed by atoms with Crippen LogP contribution in [-0.4, -0.2) is 41.6 Å². The summed E-state index contributed by atoms with van der Waals surface area (Å²) in [6.45, 7) is 3.60. The van der Waals surface area contributed by atoms with Gasteiger partial charge in [-0.1, -0.05) is 30.3 Å². The second-order valence-corrected chi connectivity index (χ2v) is 8.44. The number of thioether (sulfide) groups is 1. The normalized spacial score (nSPS) is 16.9. The third-order valence-electron chi connectivity index (χ3n) is 5.27. The van der Waals surface area contributed by atoms with Crippen molar-refractivity contribution in [1.29, 1.82) is 0 Å². The standard InChI is InChI=1S/C25H23N3O5S.BrH/c1-4-33-24(31)21-15(2)26-25-28(22(21)16-10-12-18(32-3)13-11-16)20(29)14-19(34-25)23(30)27-17-8-6-5-7-9-17;/h5-14,22H,4H2,1-3H3,(H,27,30);1H/p-1. The highest BCUT2D eigenvalue weighted by atomic mass is 79.9. The minimum atomic E-state index is -0.757. The number of halogens is 1. The van der Waals surface area contributed by atoms with Crippen molar-refractivity contribution in [3.8, 4) is 5.75 Å². The van der Waals surface area contributed by atoms with E-state index in [2.05, 4.69) is 10.3 Å². The topological polar surface area (TPSA) is 97.3 Å². The highest BCUT2D eigenvalue weighted by Gasteiger charge is 2.42. The lowest BCUT2D eigenvalue weighted by Gasteiger charge is -2.38. The maximum atomic E-state index is 13.3. The van der Waals surface area contributed by atoms with Gasteiger partial charge in [0.15, 0.2) is 5.17 Å². The molecule has 4 rings (SSSR count). The lowest BCUT2D eigenvalue weighted by Crippen LogP contribution is -3.00. The number of hydrogen-bond acceptors (Lipinski definition) is 7. The minimum absolute atomic E-state index is 0. The predicted molar refractivity (Wildman–Crippen MR) is 130 cm³/mol. The Hall–Kier alpha value is -3.37. The smallest absolute Gasteiger partial charge is 0.338 e. The molecule has 2 aliphatic heterocycles. The van der Waals surface area contributed by atoms with Crippen LogP contribution in [0.25, 0.3) is 0 Å². The number of rotatable bonds is 6. The molecular weight excluding hydrogens is 534 g/mol. The summed E-state index contributed by atoms with van der Waals surface area (Å²) in [7, 11) is 1.56. The number of amides is 2. The first-order valence-electron chi connectivity index (χ1n) is 10.6. The van der Waals surface area contributed by atoms with E-state index in [9.17, 15) is 14.4 Å². The van der Waals surface area contributed by atoms with Crippen LogP contribution in [0.1, 0.15) is 25.5 Å². The summed E-state index contributed by atoms with van der Waals surface area (Å²) >= 11 is 1.08. The van der Waals surface area contributed by atoms with Gasteiger partial charge in [-0.25, -0.2) is 9.79 Å². The molecule has 10 heteroatoms. The van der Waals surface area contributed by atoms with Crippen LogP contribution in [0.2, 0.25) is 0 Å². The molecule has 1 unspecified atom stereocenters. The van der Waals surface area contributed by atoms with Crippen LogP contribution < -0.4 is 27.0 Å². The average molecular weight is 557 g/mol. The maximum Gasteiger partial charge on any atom is 0.338 e. The second-order valence-electron chi connectivity index (χ2n) is 7.43. The number of benzene rings is 2. The maximum absolute atomic E-state index is 13.3. The van der Waals surface area contributed by atoms with E-state index in [0.29, 0.717) is 27.9 Å². The number of aliphatic imine (C=N–C) groups is 1. The first kappa shape index (κ1) is 26.2. The van der Waals surface area contributed by atoms with E-state index >= 15 is 0 Å². The van der Waals surface area contributed by atoms with E-state index in [4.69, 9.17) is 9.47 Å². The minimum Gasteiger partial charge on any atom is -1.00 e. The molecule has 0 bridgehead atoms. The monoisotopic (exact) mass is 556 g/mol. The number of nitrogens with one attached hydrogen (secondary N) is 1. The Kier molecular flexibility index (Phi) is 8.52. The van der Waals surface area contributed by atoms with Crippen molar-refractivity contribution in [2.75, 3.05) is 19.0 Å². The van der Waals surface area contributed by atoms with E-state index in [-0.39, 0.29) is 34.1 Å². The number of ether oxygens (including phenoxy) is 2. The molecule has 2 aliphatic rings. The number of anilines is 1. The summed E-state index contributed by atoms with van der Waals surface area (Å²) in [4.78, 5) is 45.1. The van der Waals surface area contributed by atoms with Crippen molar-refractivity contribution >= 4 is 40.4 Å². The summed E-state index contributed by atoms with van der Waals surface area (Å²) in [5, 5.41) is 3.10. The van der Waals surface area contributed by atoms with Crippen molar-refractivity contribution in [3.05, 3.63) is 82.4 Å². The van der Waals surface area contributed by atoms with Crippen molar-refractivity contribution < 1.29 is 40.8 Å². The molecule has 0 saturated carbocycles. The number of para-hydroxylation sites is 1. The van der Waals surface area contributed by atoms with Gasteiger partial charge in [0.2, 0.25) is 0 Å². The number of amidine groups is 1. The molecule has 2 heterocycles. The fourth-order valence-electron chi connectivity index (χ4n) is 3.69. The Balaban J connectivity index is 0.00000342. The van der Waals surface area contributed by atoms with Gasteiger partial charge in [-0.15, -0.1) is 0 Å². The second kappa shape index (κ2) is 11.4. The van der Waals surface area contributed by atoms with Gasteiger partial charge in [0.25, 0.3) is 11.8 Å². The molecule has 0 fully saturated rings. The Morgan fingerprint density at radius 3 is 2.43 bits per heavy atom. The van der Waals surface area contributed by atoms with Crippen LogP contribution in [0.5, 0.6) is 5.75 Å². The average Bonchev–Trinajstić information content (AvgIpc) is 2.83. The van der Waals surface area contributed by atoms with E-state index in [0.717, 1.165) is 11.8 Å². The van der Waals surface area contributed by atoms with E-state index < -0.39 is 23.8 Å². The van der Waals surface area contributed by atoms with Crippen LogP contribution in [0.15, 0.2) is 81.8 Å². The highest BCUT2D eigenvalue weighted by Crippen LogP contribution is 2.42. The van der Waals surface area contributed by atoms with Crippen LogP contribution in [-0.2, 0) is 19.1 Å². The Morgan fingerprint density at radius 1 is 1.11 bits per heavy atom. The number of esters is 1. The largest absolute Gasteiger partial charge is 1.00 e. The SMILES string of the molecule is CCOC(=O)C1=C(C)N=C2SC(C(=O)Nc3ccccc3)=CC(=O)N2C1c1ccc(OC)cc1.[Br-]. The summed E-state index contributed by atoms with van der Waals surface area (Å²) in [5.74, 6) is -0.763. The number of carbonyl (C=O) groups is 3. The number of nitrogens with zero attached hydrogens (tertiary/aromatic N) is 2. The molecule has 2 aromatic rings. The van der Waals surface area contributed by atoms with Crippen molar-refractivity contribution in [1.82, 2.24) is 4.90 Å². The molecule has 0 spiro atoms. The zero-order chi connectivity index (χ0) is 24.2. The number of allylic oxidation sites excluding steroid dienone is 1. The van der Waals surface area contributed by atoms with Crippen molar-refractivity contribution in [2.45, 2.75) is 19.9 Å². The molecule has 0 aliphatic carbocycles. The van der Waals surface area contributed by atoms with Gasteiger partial charge in [-0.2, -0.15) is 0 Å². The number of methoxy groups -OCH3 is 1. The zero-order valence-electron chi connectivity index (χ0n) is 19.3. The molecule has 1 atom stereocenters. The fraction of sp³-hybridized carbons (Fsp3) is 0.200. The number of hydrogen-bond donors (Lipinski definition) is 1. The first-order valence-corrected chi connectivity index (χ1v) is 11.4. The molecule has 35 heavy (non-hydrogen) atoms. The molecule has 1 N–H and O–H groups in total. The predicted octanol–water partition coefficient (Wildman–Crippen LogP) is 1.04. The highest BCUT2D eigenvalue weighted by molar-refractivity contribution is 8.18. The summed E-state index contributed by atoms with van der Waals surface area (Å²) in [6.07, 6.45) is 1.27. The van der Waals surface area contributed by atoms with Gasteiger partial charge < -0.3 is 31.8 Å². The lowest BCUT2D eigenvalue weighted by molar-refractivity contribution is -0.139. The molecule has 0 radical (unpaired) electrons. The first-order chi connectivity index (χ1) is 16.4. The third kappa shape index (κ3) is 5.49. The molecule has 8 nitrogen and oxygen atoms in total. The quantitative estimate of drug-likeness (QED) is 0.534. The van der Waals surface area contributed by atoms with Crippen molar-refractivity contribution in [2.24, 2.45) is 4.99 Å². The molecule has 2 aromatic carbocycles. The Labute approximate surface area is 217 Å². The zero-order valence-corrected chi connectivity index (χ0v) is 21.7. The van der Waals surface area contributed by atoms with Gasteiger partial charge in [-0.3, -0.25) is 14.5 Å². The summed E-state index contributed by atoms with van der Waals surface area (Å²) < 4.78 is 10.5. The van der Waals surface area contributed by atoms with Crippen LogP contribution in [0.4, 0.5) is 5.69 Å². The van der Waals surface area contributed by atoms with Crippen molar-refractivity contribution in [3.63, 3.8) is 0 Å². The van der Waals surface area contributed by atoms with Crippen LogP contribution in [0, 0.1) is 0 Å². The van der Waals surface area contributed by atoms with Gasteiger partial charge >= 0.3 is 5.97 Å². The summed E-state index contributed by atoms with van der Waals surface area (Å²) in [6, 6.07) is 15.3. The number of carbonyl (C=O) groups excluding carboxylic acids is 3. The van der Waals surface area contributed by atoms with Gasteiger partial charge in [0.1, 0.15) is 5.75 Å². The van der Waals surface area contributed by atoms with Gasteiger partial charge in [0.05, 0.1) is 35.9 Å². The van der Waals surface area contributed by atoms with E-state index in [1.165, 1.54) is 11.0 Å². The van der Waals surface area contributed by atoms with E-state index in [1.807, 2.05) is 6.07 Å². The summed E-state index contributed by atoms with van der Waals surface area (Å²) in [5.41, 5.74) is 2.01. The Bertz CT molecular complexity index is 1230. The van der Waals surface area contributed by atoms with Crippen LogP contribution >= 0.6 is 11.8 Å².